The number of rotatable bonds is 6. The van der Waals surface area contributed by atoms with Gasteiger partial charge in [-0.15, -0.1) is 0 Å². The van der Waals surface area contributed by atoms with Crippen LogP contribution in [0, 0.1) is 0 Å². The summed E-state index contributed by atoms with van der Waals surface area (Å²) >= 11 is 0. The zero-order chi connectivity index (χ0) is 35.9. The van der Waals surface area contributed by atoms with Crippen molar-refractivity contribution < 1.29 is 33.6 Å². The predicted molar refractivity (Wildman–Crippen MR) is 180 cm³/mol. The van der Waals surface area contributed by atoms with E-state index in [1.54, 1.807) is 24.3 Å². The van der Waals surface area contributed by atoms with E-state index in [2.05, 4.69) is 16.0 Å². The highest BCUT2D eigenvalue weighted by atomic mass is 16.2. The lowest BCUT2D eigenvalue weighted by molar-refractivity contribution is -0.143. The number of primary amides is 1. The molecular formula is C34H46N8O7. The van der Waals surface area contributed by atoms with Gasteiger partial charge in [0, 0.05) is 53.6 Å². The summed E-state index contributed by atoms with van der Waals surface area (Å²) in [5, 5.41) is 8.35. The molecule has 0 aromatic heterocycles. The molecule has 1 fully saturated rings. The van der Waals surface area contributed by atoms with Gasteiger partial charge in [0.1, 0.15) is 6.04 Å². The second kappa shape index (κ2) is 18.9. The third kappa shape index (κ3) is 12.3. The molecule has 3 rings (SSSR count). The number of hydrogen-bond donors (Lipinski definition) is 4. The quantitative estimate of drug-likeness (QED) is 0.273. The topological polar surface area (TPSA) is 195 Å². The fourth-order valence-corrected chi connectivity index (χ4v) is 5.23. The number of amides is 7. The van der Waals surface area contributed by atoms with E-state index in [9.17, 15) is 33.6 Å². The lowest BCUT2D eigenvalue weighted by Crippen LogP contribution is -2.54. The van der Waals surface area contributed by atoms with Gasteiger partial charge in [0.2, 0.25) is 41.4 Å². The van der Waals surface area contributed by atoms with E-state index in [4.69, 9.17) is 5.73 Å². The summed E-state index contributed by atoms with van der Waals surface area (Å²) in [6.07, 6.45) is 0.406. The Labute approximate surface area is 286 Å². The number of nitrogens with zero attached hydrogens (tertiary/aromatic N) is 4. The van der Waals surface area contributed by atoms with Gasteiger partial charge in [0.15, 0.2) is 0 Å². The summed E-state index contributed by atoms with van der Waals surface area (Å²) in [5.74, 6) is -3.79. The van der Waals surface area contributed by atoms with Crippen LogP contribution in [0.25, 0.3) is 0 Å². The Kier molecular flexibility index (Phi) is 14.7. The Morgan fingerprint density at radius 2 is 1.31 bits per heavy atom. The number of nitrogens with one attached hydrogen (secondary N) is 3. The van der Waals surface area contributed by atoms with Crippen LogP contribution in [0.5, 0.6) is 0 Å². The normalized spacial score (nSPS) is 19.4. The van der Waals surface area contributed by atoms with Crippen molar-refractivity contribution in [3.63, 3.8) is 0 Å². The van der Waals surface area contributed by atoms with Crippen LogP contribution in [0.1, 0.15) is 17.5 Å². The summed E-state index contributed by atoms with van der Waals surface area (Å²) in [5.41, 5.74) is 7.37. The highest BCUT2D eigenvalue weighted by molar-refractivity contribution is 5.93. The number of carbonyl (C=O) groups is 7. The molecule has 15 heteroatoms. The standard InChI is InChI=1S/C34H46N8O7/c1-39-21-29(44)38-20-30(45)42(27(33(35)48)19-25-12-8-5-9-13-25)17-16-37-28(43)14-15-36-26(18-24-10-6-4-7-11-24)34(49)41(3)23-32(47)40(2)22-31(39)46/h4-13,26-27,36H,14-23H2,1-3H3,(H2,35,48)(H,37,43)(H,38,44)/t26-,27-/m0/s1. The van der Waals surface area contributed by atoms with Gasteiger partial charge >= 0.3 is 0 Å². The molecular weight excluding hydrogens is 632 g/mol. The fourth-order valence-electron chi connectivity index (χ4n) is 5.23. The molecule has 1 aliphatic heterocycles. The minimum atomic E-state index is -1.07. The lowest BCUT2D eigenvalue weighted by atomic mass is 10.0. The van der Waals surface area contributed by atoms with Crippen LogP contribution in [0.15, 0.2) is 60.7 Å². The molecule has 2 aromatic rings. The largest absolute Gasteiger partial charge is 0.368 e. The second-order valence-electron chi connectivity index (χ2n) is 12.0. The minimum Gasteiger partial charge on any atom is -0.368 e. The van der Waals surface area contributed by atoms with Gasteiger partial charge in [-0.3, -0.25) is 33.6 Å². The first-order valence-electron chi connectivity index (χ1n) is 16.0. The fraction of sp³-hybridized carbons (Fsp3) is 0.441. The molecule has 15 nitrogen and oxygen atoms in total. The Morgan fingerprint density at radius 3 is 1.92 bits per heavy atom. The zero-order valence-electron chi connectivity index (χ0n) is 28.2. The van der Waals surface area contributed by atoms with Crippen LogP contribution in [0.3, 0.4) is 0 Å². The Hall–Kier alpha value is -5.31. The van der Waals surface area contributed by atoms with Crippen LogP contribution in [0.4, 0.5) is 0 Å². The number of likely N-dealkylation sites (N-methyl/N-ethyl adjacent to an activating group) is 3. The van der Waals surface area contributed by atoms with Crippen molar-refractivity contribution in [2.24, 2.45) is 5.73 Å². The molecule has 49 heavy (non-hydrogen) atoms. The first-order valence-corrected chi connectivity index (χ1v) is 16.0. The van der Waals surface area contributed by atoms with Crippen LogP contribution >= 0.6 is 0 Å². The van der Waals surface area contributed by atoms with Gasteiger partial charge in [0.05, 0.1) is 32.2 Å². The van der Waals surface area contributed by atoms with Crippen molar-refractivity contribution in [2.75, 3.05) is 67.0 Å². The number of nitrogens with two attached hydrogens (primary N) is 1. The number of hydrogen-bond acceptors (Lipinski definition) is 8. The molecule has 0 aliphatic carbocycles. The smallest absolute Gasteiger partial charge is 0.242 e. The average molecular weight is 679 g/mol. The van der Waals surface area contributed by atoms with Gasteiger partial charge in [-0.25, -0.2) is 0 Å². The van der Waals surface area contributed by atoms with Crippen molar-refractivity contribution >= 4 is 41.4 Å². The molecule has 5 N–H and O–H groups in total. The second-order valence-corrected chi connectivity index (χ2v) is 12.0. The first kappa shape index (κ1) is 38.1. The molecule has 0 bridgehead atoms. The highest BCUT2D eigenvalue weighted by Gasteiger charge is 2.30. The Bertz CT molecular complexity index is 1470. The summed E-state index contributed by atoms with van der Waals surface area (Å²) < 4.78 is 0. The van der Waals surface area contributed by atoms with Crippen LogP contribution < -0.4 is 21.7 Å². The van der Waals surface area contributed by atoms with E-state index in [1.807, 2.05) is 36.4 Å². The lowest BCUT2D eigenvalue weighted by Gasteiger charge is -2.30. The molecule has 0 unspecified atom stereocenters. The van der Waals surface area contributed by atoms with E-state index < -0.39 is 54.7 Å². The van der Waals surface area contributed by atoms with Crippen LogP contribution in [-0.4, -0.2) is 140 Å². The van der Waals surface area contributed by atoms with Crippen molar-refractivity contribution in [3.05, 3.63) is 71.8 Å². The molecule has 264 valence electrons. The van der Waals surface area contributed by atoms with E-state index in [0.717, 1.165) is 20.9 Å². The van der Waals surface area contributed by atoms with E-state index in [-0.39, 0.29) is 57.4 Å². The number of benzene rings is 2. The monoisotopic (exact) mass is 678 g/mol. The van der Waals surface area contributed by atoms with Crippen molar-refractivity contribution in [1.29, 1.82) is 0 Å². The highest BCUT2D eigenvalue weighted by Crippen LogP contribution is 2.10. The maximum atomic E-state index is 13.5. The van der Waals surface area contributed by atoms with Gasteiger partial charge < -0.3 is 41.3 Å². The molecule has 0 spiro atoms. The Morgan fingerprint density at radius 1 is 0.735 bits per heavy atom. The van der Waals surface area contributed by atoms with Gasteiger partial charge in [-0.1, -0.05) is 60.7 Å². The maximum Gasteiger partial charge on any atom is 0.242 e. The molecule has 0 radical (unpaired) electrons. The minimum absolute atomic E-state index is 0.00709. The van der Waals surface area contributed by atoms with E-state index in [1.165, 1.54) is 30.9 Å². The molecule has 2 aromatic carbocycles. The van der Waals surface area contributed by atoms with E-state index >= 15 is 0 Å². The SMILES string of the molecule is CN1CC(=O)NCC(=O)N([C@@H](Cc2ccccc2)C(N)=O)CCNC(=O)CCN[C@@H](Cc2ccccc2)C(=O)N(C)CC(=O)N(C)CC1=O. The van der Waals surface area contributed by atoms with Crippen LogP contribution in [-0.2, 0) is 46.4 Å². The molecule has 7 amide bonds. The molecule has 2 atom stereocenters. The van der Waals surface area contributed by atoms with E-state index in [0.29, 0.717) is 6.42 Å². The first-order chi connectivity index (χ1) is 23.3. The molecule has 0 saturated carbocycles. The van der Waals surface area contributed by atoms with Crippen molar-refractivity contribution in [3.8, 4) is 0 Å². The molecule has 1 aliphatic rings. The average Bonchev–Trinajstić information content (AvgIpc) is 3.07. The maximum absolute atomic E-state index is 13.5. The predicted octanol–water partition coefficient (Wildman–Crippen LogP) is -1.88. The third-order valence-electron chi connectivity index (χ3n) is 8.09. The van der Waals surface area contributed by atoms with Gasteiger partial charge in [-0.05, 0) is 17.5 Å². The summed E-state index contributed by atoms with van der Waals surface area (Å²) in [4.78, 5) is 95.6. The third-order valence-corrected chi connectivity index (χ3v) is 8.09. The molecule has 1 saturated heterocycles. The zero-order valence-corrected chi connectivity index (χ0v) is 28.2. The van der Waals surface area contributed by atoms with Crippen molar-refractivity contribution in [2.45, 2.75) is 31.3 Å². The van der Waals surface area contributed by atoms with Crippen molar-refractivity contribution in [1.82, 2.24) is 35.6 Å². The van der Waals surface area contributed by atoms with Crippen LogP contribution in [0.2, 0.25) is 0 Å². The summed E-state index contributed by atoms with van der Waals surface area (Å²) in [7, 11) is 4.29. The summed E-state index contributed by atoms with van der Waals surface area (Å²) in [6.45, 7) is -1.50. The number of carbonyl (C=O) groups excluding carboxylic acids is 7. The van der Waals surface area contributed by atoms with Gasteiger partial charge in [0.25, 0.3) is 0 Å². The summed E-state index contributed by atoms with van der Waals surface area (Å²) in [6, 6.07) is 16.4. The Balaban J connectivity index is 1.82. The van der Waals surface area contributed by atoms with Gasteiger partial charge in [-0.2, -0.15) is 0 Å². The molecule has 1 heterocycles.